The Labute approximate surface area is 154 Å². The fourth-order valence-corrected chi connectivity index (χ4v) is 5.36. The van der Waals surface area contributed by atoms with E-state index < -0.39 is 0 Å². The van der Waals surface area contributed by atoms with Gasteiger partial charge in [0.15, 0.2) is 0 Å². The lowest BCUT2D eigenvalue weighted by Gasteiger charge is -2.37. The van der Waals surface area contributed by atoms with E-state index in [0.29, 0.717) is 5.92 Å². The summed E-state index contributed by atoms with van der Waals surface area (Å²) < 4.78 is 3.31. The predicted octanol–water partition coefficient (Wildman–Crippen LogP) is 7.38. The first kappa shape index (κ1) is 17.0. The molecule has 1 aromatic rings. The van der Waals surface area contributed by atoms with Crippen molar-refractivity contribution in [3.63, 3.8) is 0 Å². The van der Waals surface area contributed by atoms with Gasteiger partial charge in [-0.2, -0.15) is 0 Å². The van der Waals surface area contributed by atoms with Crippen LogP contribution in [0.2, 0.25) is 0 Å². The quantitative estimate of drug-likeness (QED) is 0.334. The fraction of sp³-hybridized carbons (Fsp3) is 0.375. The summed E-state index contributed by atoms with van der Waals surface area (Å²) in [5.74, 6) is 0.415. The average Bonchev–Trinajstić information content (AvgIpc) is 2.36. The predicted molar refractivity (Wildman–Crippen MR) is 103 cm³/mol. The minimum Gasteiger partial charge on any atom is -0.0797 e. The molecule has 2 unspecified atom stereocenters. The number of rotatable bonds is 1. The molecule has 2 rings (SSSR count). The number of hydrogen-bond donors (Lipinski definition) is 0. The van der Waals surface area contributed by atoms with Crippen molar-refractivity contribution in [3.8, 4) is 0 Å². The molecule has 0 nitrogen and oxygen atoms in total. The summed E-state index contributed by atoms with van der Waals surface area (Å²) in [6, 6.07) is 4.23. The maximum absolute atomic E-state index is 3.95. The van der Waals surface area contributed by atoms with E-state index in [-0.39, 0.29) is 4.32 Å². The molecule has 0 bridgehead atoms. The van der Waals surface area contributed by atoms with Gasteiger partial charge in [0.1, 0.15) is 0 Å². The van der Waals surface area contributed by atoms with Gasteiger partial charge in [0.2, 0.25) is 0 Å². The molecule has 1 aromatic carbocycles. The molecule has 0 heterocycles. The molecule has 20 heavy (non-hydrogen) atoms. The number of alkyl halides is 1. The second-order valence-corrected chi connectivity index (χ2v) is 9.54. The van der Waals surface area contributed by atoms with Gasteiger partial charge in [-0.3, -0.25) is 0 Å². The van der Waals surface area contributed by atoms with Crippen LogP contribution in [0.4, 0.5) is 0 Å². The monoisotopic (exact) mass is 524 g/mol. The lowest BCUT2D eigenvalue weighted by Crippen LogP contribution is -2.30. The molecule has 4 heteroatoms. The first-order chi connectivity index (χ1) is 9.17. The maximum Gasteiger partial charge on any atom is 0.0555 e. The lowest BCUT2D eigenvalue weighted by atomic mass is 9.79. The van der Waals surface area contributed by atoms with E-state index >= 15 is 0 Å². The van der Waals surface area contributed by atoms with Crippen molar-refractivity contribution in [2.75, 3.05) is 0 Å². The minimum absolute atomic E-state index is 0.107. The van der Waals surface area contributed by atoms with Crippen LogP contribution in [0.25, 0.3) is 5.57 Å². The first-order valence-corrected chi connectivity index (χ1v) is 9.58. The van der Waals surface area contributed by atoms with Crippen molar-refractivity contribution in [3.05, 3.63) is 48.3 Å². The molecule has 0 aromatic heterocycles. The molecule has 0 aliphatic heterocycles. The topological polar surface area (TPSA) is 0 Å². The molecule has 0 fully saturated rings. The summed E-state index contributed by atoms with van der Waals surface area (Å²) in [7, 11) is 0. The Balaban J connectivity index is 2.82. The zero-order chi connectivity index (χ0) is 15.2. The van der Waals surface area contributed by atoms with Gasteiger partial charge < -0.3 is 0 Å². The van der Waals surface area contributed by atoms with Crippen LogP contribution in [0.5, 0.6) is 0 Å². The molecule has 1 aliphatic carbocycles. The van der Waals surface area contributed by atoms with Crippen LogP contribution in [0.1, 0.15) is 31.9 Å². The molecular formula is C16H16Br4. The van der Waals surface area contributed by atoms with E-state index in [4.69, 9.17) is 0 Å². The van der Waals surface area contributed by atoms with Crippen LogP contribution in [-0.4, -0.2) is 4.32 Å². The molecule has 0 amide bonds. The highest BCUT2D eigenvalue weighted by Gasteiger charge is 2.38. The zero-order valence-corrected chi connectivity index (χ0v) is 18.2. The van der Waals surface area contributed by atoms with Crippen LogP contribution in [0, 0.1) is 12.8 Å². The SMILES string of the molecule is CC1=CC(C)C(C)(Br)C(c2c(Br)ccc(C)c2Br)=C1Br. The first-order valence-electron chi connectivity index (χ1n) is 6.40. The van der Waals surface area contributed by atoms with Crippen LogP contribution in [0.3, 0.4) is 0 Å². The highest BCUT2D eigenvalue weighted by atomic mass is 79.9. The summed E-state index contributed by atoms with van der Waals surface area (Å²) in [5, 5.41) is 0. The van der Waals surface area contributed by atoms with Crippen LogP contribution < -0.4 is 0 Å². The van der Waals surface area contributed by atoms with Gasteiger partial charge in [0.05, 0.1) is 4.32 Å². The summed E-state index contributed by atoms with van der Waals surface area (Å²) in [6.07, 6.45) is 2.31. The van der Waals surface area contributed by atoms with Gasteiger partial charge in [0.25, 0.3) is 0 Å². The largest absolute Gasteiger partial charge is 0.0797 e. The molecule has 2 atom stereocenters. The normalized spacial score (nSPS) is 26.8. The van der Waals surface area contributed by atoms with Gasteiger partial charge in [-0.15, -0.1) is 0 Å². The van der Waals surface area contributed by atoms with E-state index in [2.05, 4.69) is 110 Å². The number of halogens is 4. The third-order valence-corrected chi connectivity index (χ3v) is 7.77. The van der Waals surface area contributed by atoms with Crippen LogP contribution in [0.15, 0.2) is 37.2 Å². The van der Waals surface area contributed by atoms with Gasteiger partial charge >= 0.3 is 0 Å². The van der Waals surface area contributed by atoms with E-state index in [1.165, 1.54) is 26.8 Å². The van der Waals surface area contributed by atoms with Gasteiger partial charge in [0, 0.05) is 19.0 Å². The Morgan fingerprint density at radius 2 is 1.70 bits per heavy atom. The number of aryl methyl sites for hydroxylation is 1. The van der Waals surface area contributed by atoms with Crippen molar-refractivity contribution < 1.29 is 0 Å². The third kappa shape index (κ3) is 2.78. The van der Waals surface area contributed by atoms with E-state index in [1.54, 1.807) is 0 Å². The zero-order valence-electron chi connectivity index (χ0n) is 11.8. The molecule has 1 aliphatic rings. The van der Waals surface area contributed by atoms with Gasteiger partial charge in [-0.1, -0.05) is 66.9 Å². The number of benzene rings is 1. The van der Waals surface area contributed by atoms with Gasteiger partial charge in [-0.05, 0) is 65.4 Å². The van der Waals surface area contributed by atoms with Crippen LogP contribution in [-0.2, 0) is 0 Å². The van der Waals surface area contributed by atoms with E-state index in [1.807, 2.05) is 0 Å². The molecule has 0 saturated heterocycles. The van der Waals surface area contributed by atoms with Crippen molar-refractivity contribution in [2.45, 2.75) is 32.0 Å². The van der Waals surface area contributed by atoms with Crippen molar-refractivity contribution in [1.82, 2.24) is 0 Å². The highest BCUT2D eigenvalue weighted by molar-refractivity contribution is 9.12. The summed E-state index contributed by atoms with van der Waals surface area (Å²) in [5.41, 5.74) is 5.02. The molecular weight excluding hydrogens is 512 g/mol. The number of allylic oxidation sites excluding steroid dienone is 4. The second kappa shape index (κ2) is 6.02. The molecule has 108 valence electrons. The van der Waals surface area contributed by atoms with Gasteiger partial charge in [-0.25, -0.2) is 0 Å². The van der Waals surface area contributed by atoms with Crippen molar-refractivity contribution >= 4 is 69.3 Å². The molecule has 0 radical (unpaired) electrons. The Kier molecular flexibility index (Phi) is 5.11. The van der Waals surface area contributed by atoms with E-state index in [0.717, 1.165) is 8.95 Å². The Hall–Kier alpha value is 0.620. The van der Waals surface area contributed by atoms with Crippen LogP contribution >= 0.6 is 63.7 Å². The summed E-state index contributed by atoms with van der Waals surface area (Å²) in [4.78, 5) is 0. The fourth-order valence-electron chi connectivity index (χ4n) is 2.48. The maximum atomic E-state index is 3.95. The summed E-state index contributed by atoms with van der Waals surface area (Å²) in [6.45, 7) is 8.75. The third-order valence-electron chi connectivity index (χ3n) is 3.94. The molecule has 0 N–H and O–H groups in total. The molecule has 0 spiro atoms. The van der Waals surface area contributed by atoms with Crippen molar-refractivity contribution in [2.24, 2.45) is 5.92 Å². The Bertz CT molecular complexity index is 624. The Morgan fingerprint density at radius 1 is 1.10 bits per heavy atom. The Morgan fingerprint density at radius 3 is 2.30 bits per heavy atom. The minimum atomic E-state index is -0.107. The molecule has 0 saturated carbocycles. The number of hydrogen-bond acceptors (Lipinski definition) is 0. The lowest BCUT2D eigenvalue weighted by molar-refractivity contribution is 0.620. The highest BCUT2D eigenvalue weighted by Crippen LogP contribution is 2.52. The van der Waals surface area contributed by atoms with Crippen molar-refractivity contribution in [1.29, 1.82) is 0 Å². The standard InChI is InChI=1S/C16H16Br4/c1-8-5-6-11(17)12(14(8)18)13-15(19)9(2)7-10(3)16(13,4)20/h5-7,10H,1-4H3. The van der Waals surface area contributed by atoms with E-state index in [9.17, 15) is 0 Å². The average molecular weight is 528 g/mol. The second-order valence-electron chi connectivity index (χ2n) is 5.46. The summed E-state index contributed by atoms with van der Waals surface area (Å²) >= 11 is 15.2. The smallest absolute Gasteiger partial charge is 0.0555 e.